The van der Waals surface area contributed by atoms with Gasteiger partial charge < -0.3 is 14.9 Å². The third-order valence-electron chi connectivity index (χ3n) is 2.63. The van der Waals surface area contributed by atoms with Gasteiger partial charge in [-0.15, -0.1) is 0 Å². The summed E-state index contributed by atoms with van der Waals surface area (Å²) in [7, 11) is 0. The molecule has 0 unspecified atom stereocenters. The highest BCUT2D eigenvalue weighted by Crippen LogP contribution is 2.33. The van der Waals surface area contributed by atoms with E-state index in [2.05, 4.69) is 13.8 Å². The van der Waals surface area contributed by atoms with Crippen molar-refractivity contribution in [2.45, 2.75) is 39.4 Å². The molecule has 0 amide bonds. The average Bonchev–Trinajstić information content (AvgIpc) is 2.67. The topological polar surface area (TPSA) is 48.4 Å². The number of ether oxygens (including phenoxy) is 1. The van der Waals surface area contributed by atoms with Gasteiger partial charge in [0.2, 0.25) is 0 Å². The Morgan fingerprint density at radius 1 is 1.36 bits per heavy atom. The molecule has 3 nitrogen and oxygen atoms in total. The summed E-state index contributed by atoms with van der Waals surface area (Å²) in [6, 6.07) is 0. The van der Waals surface area contributed by atoms with E-state index in [0.717, 1.165) is 17.9 Å². The van der Waals surface area contributed by atoms with Crippen LogP contribution in [0.3, 0.4) is 0 Å². The van der Waals surface area contributed by atoms with Crippen LogP contribution >= 0.6 is 0 Å². The summed E-state index contributed by atoms with van der Waals surface area (Å²) < 4.78 is 11.1. The van der Waals surface area contributed by atoms with Crippen molar-refractivity contribution in [1.29, 1.82) is 0 Å². The molecule has 0 saturated heterocycles. The van der Waals surface area contributed by atoms with E-state index in [1.54, 1.807) is 0 Å². The number of fused-ring (bicyclic) bond motifs is 1. The van der Waals surface area contributed by atoms with Gasteiger partial charge in [0, 0.05) is 17.0 Å². The summed E-state index contributed by atoms with van der Waals surface area (Å²) in [6.07, 6.45) is 0.899. The van der Waals surface area contributed by atoms with Crippen LogP contribution in [0.2, 0.25) is 0 Å². The molecule has 1 aliphatic rings. The summed E-state index contributed by atoms with van der Waals surface area (Å²) >= 11 is 0. The van der Waals surface area contributed by atoms with Crippen molar-refractivity contribution in [2.75, 3.05) is 6.54 Å². The summed E-state index contributed by atoms with van der Waals surface area (Å²) in [4.78, 5) is 0. The lowest BCUT2D eigenvalue weighted by atomic mass is 10.0. The molecule has 0 fully saturated rings. The van der Waals surface area contributed by atoms with Crippen LogP contribution in [-0.2, 0) is 24.4 Å². The van der Waals surface area contributed by atoms with Gasteiger partial charge in [0.15, 0.2) is 0 Å². The molecule has 3 heteroatoms. The minimum atomic E-state index is 0.433. The first-order valence-electron chi connectivity index (χ1n) is 5.15. The number of rotatable bonds is 3. The van der Waals surface area contributed by atoms with Crippen LogP contribution in [0.25, 0.3) is 0 Å². The second-order valence-electron chi connectivity index (χ2n) is 4.03. The Hall–Kier alpha value is -0.800. The third kappa shape index (κ3) is 1.47. The second kappa shape index (κ2) is 3.75. The lowest BCUT2D eigenvalue weighted by molar-refractivity contribution is 0.122. The van der Waals surface area contributed by atoms with Gasteiger partial charge in [0.25, 0.3) is 0 Å². The molecule has 14 heavy (non-hydrogen) atoms. The van der Waals surface area contributed by atoms with Crippen molar-refractivity contribution >= 4 is 0 Å². The molecule has 0 bridgehead atoms. The lowest BCUT2D eigenvalue weighted by Gasteiger charge is -2.06. The van der Waals surface area contributed by atoms with Crippen molar-refractivity contribution in [3.63, 3.8) is 0 Å². The van der Waals surface area contributed by atoms with Crippen LogP contribution in [0.5, 0.6) is 0 Å². The first-order chi connectivity index (χ1) is 6.74. The fourth-order valence-electron chi connectivity index (χ4n) is 1.99. The van der Waals surface area contributed by atoms with Gasteiger partial charge in [-0.3, -0.25) is 0 Å². The van der Waals surface area contributed by atoms with Crippen LogP contribution in [0.1, 0.15) is 42.4 Å². The lowest BCUT2D eigenvalue weighted by Crippen LogP contribution is -2.06. The van der Waals surface area contributed by atoms with E-state index in [1.165, 1.54) is 11.1 Å². The highest BCUT2D eigenvalue weighted by atomic mass is 16.5. The van der Waals surface area contributed by atoms with Gasteiger partial charge in [0.05, 0.1) is 6.61 Å². The van der Waals surface area contributed by atoms with E-state index in [-0.39, 0.29) is 0 Å². The molecule has 2 rings (SSSR count). The van der Waals surface area contributed by atoms with Crippen LogP contribution in [0.15, 0.2) is 4.42 Å². The molecular weight excluding hydrogens is 178 g/mol. The van der Waals surface area contributed by atoms with Crippen molar-refractivity contribution in [1.82, 2.24) is 0 Å². The maximum atomic E-state index is 5.79. The monoisotopic (exact) mass is 195 g/mol. The molecule has 0 radical (unpaired) electrons. The first-order valence-corrected chi connectivity index (χ1v) is 5.15. The zero-order chi connectivity index (χ0) is 10.1. The Morgan fingerprint density at radius 3 is 2.79 bits per heavy atom. The molecule has 1 aromatic heterocycles. The first kappa shape index (κ1) is 9.74. The van der Waals surface area contributed by atoms with Gasteiger partial charge in [-0.2, -0.15) is 0 Å². The van der Waals surface area contributed by atoms with Crippen molar-refractivity contribution in [3.05, 3.63) is 22.6 Å². The standard InChI is InChI=1S/C11H17NO2/c1-7(2)11-8(3-4-12)9-5-13-6-10(9)14-11/h7H,3-6,12H2,1-2H3. The van der Waals surface area contributed by atoms with Gasteiger partial charge in [-0.1, -0.05) is 13.8 Å². The quantitative estimate of drug-likeness (QED) is 0.801. The summed E-state index contributed by atoms with van der Waals surface area (Å²) in [5.41, 5.74) is 8.14. The van der Waals surface area contributed by atoms with Gasteiger partial charge >= 0.3 is 0 Å². The minimum Gasteiger partial charge on any atom is -0.463 e. The Bertz CT molecular complexity index is 328. The normalized spacial score (nSPS) is 15.1. The zero-order valence-electron chi connectivity index (χ0n) is 8.80. The van der Waals surface area contributed by atoms with E-state index < -0.39 is 0 Å². The SMILES string of the molecule is CC(C)c1oc2c(c1CCN)COC2. The molecule has 0 saturated carbocycles. The average molecular weight is 195 g/mol. The fraction of sp³-hybridized carbons (Fsp3) is 0.636. The van der Waals surface area contributed by atoms with Gasteiger partial charge in [-0.05, 0) is 13.0 Å². The van der Waals surface area contributed by atoms with E-state index in [9.17, 15) is 0 Å². The summed E-state index contributed by atoms with van der Waals surface area (Å²) in [6.45, 7) is 6.29. The molecule has 1 aliphatic heterocycles. The Labute approximate surface area is 84.2 Å². The van der Waals surface area contributed by atoms with E-state index in [1.807, 2.05) is 0 Å². The van der Waals surface area contributed by atoms with E-state index >= 15 is 0 Å². The molecule has 78 valence electrons. The smallest absolute Gasteiger partial charge is 0.135 e. The Morgan fingerprint density at radius 2 is 2.14 bits per heavy atom. The molecule has 0 atom stereocenters. The maximum absolute atomic E-state index is 5.79. The van der Waals surface area contributed by atoms with E-state index in [4.69, 9.17) is 14.9 Å². The van der Waals surface area contributed by atoms with Crippen LogP contribution in [0.4, 0.5) is 0 Å². The number of furan rings is 1. The molecule has 0 aromatic carbocycles. The predicted octanol–water partition coefficient (Wildman–Crippen LogP) is 1.93. The van der Waals surface area contributed by atoms with Crippen LogP contribution < -0.4 is 5.73 Å². The van der Waals surface area contributed by atoms with E-state index in [0.29, 0.717) is 25.7 Å². The molecule has 1 aromatic rings. The highest BCUT2D eigenvalue weighted by molar-refractivity contribution is 5.36. The van der Waals surface area contributed by atoms with Crippen LogP contribution in [-0.4, -0.2) is 6.54 Å². The van der Waals surface area contributed by atoms with Gasteiger partial charge in [-0.25, -0.2) is 0 Å². The molecule has 2 heterocycles. The molecule has 2 N–H and O–H groups in total. The maximum Gasteiger partial charge on any atom is 0.135 e. The highest BCUT2D eigenvalue weighted by Gasteiger charge is 2.25. The van der Waals surface area contributed by atoms with Crippen molar-refractivity contribution < 1.29 is 9.15 Å². The Balaban J connectivity index is 2.40. The van der Waals surface area contributed by atoms with Gasteiger partial charge in [0.1, 0.15) is 18.1 Å². The number of nitrogens with two attached hydrogens (primary N) is 1. The third-order valence-corrected chi connectivity index (χ3v) is 2.63. The number of hydrogen-bond donors (Lipinski definition) is 1. The molecule has 0 aliphatic carbocycles. The van der Waals surface area contributed by atoms with Crippen LogP contribution in [0, 0.1) is 0 Å². The Kier molecular flexibility index (Phi) is 2.61. The van der Waals surface area contributed by atoms with Crippen molar-refractivity contribution in [3.8, 4) is 0 Å². The largest absolute Gasteiger partial charge is 0.463 e. The fourth-order valence-corrected chi connectivity index (χ4v) is 1.99. The second-order valence-corrected chi connectivity index (χ2v) is 4.03. The zero-order valence-corrected chi connectivity index (χ0v) is 8.80. The summed E-state index contributed by atoms with van der Waals surface area (Å²) in [5.74, 6) is 2.54. The minimum absolute atomic E-state index is 0.433. The molecular formula is C11H17NO2. The predicted molar refractivity (Wildman–Crippen MR) is 54.0 cm³/mol. The van der Waals surface area contributed by atoms with Crippen molar-refractivity contribution in [2.24, 2.45) is 5.73 Å². The molecule has 0 spiro atoms. The number of hydrogen-bond acceptors (Lipinski definition) is 3. The summed E-state index contributed by atoms with van der Waals surface area (Å²) in [5, 5.41) is 0.